The average Bonchev–Trinajstić information content (AvgIpc) is 3.21. The number of ether oxygens (including phenoxy) is 4. The Morgan fingerprint density at radius 2 is 1.69 bits per heavy atom. The van der Waals surface area contributed by atoms with E-state index < -0.39 is 50.5 Å². The fourth-order valence-electron chi connectivity index (χ4n) is 2.84. The number of nitrogens with zero attached hydrogens (tertiary/aromatic N) is 1. The standard InChI is InChI=1S/C23H19F6NO6/c1-2-20(31)33-11-8-22(26,27)36-23(28,29)35-21(24,25)7-10-32-17-6-5-15-12-18(34-19(15)13-17)16-4-3-9-30-14-16/h2-6,9,12-14H,1,7-8,10-11H2. The molecule has 36 heavy (non-hydrogen) atoms. The van der Waals surface area contributed by atoms with Crippen molar-refractivity contribution < 1.29 is 54.5 Å². The van der Waals surface area contributed by atoms with Gasteiger partial charge in [0, 0.05) is 35.5 Å². The van der Waals surface area contributed by atoms with Gasteiger partial charge < -0.3 is 13.9 Å². The van der Waals surface area contributed by atoms with Crippen LogP contribution >= 0.6 is 0 Å². The number of benzene rings is 1. The number of hydrogen-bond donors (Lipinski definition) is 0. The Hall–Kier alpha value is -3.58. The summed E-state index contributed by atoms with van der Waals surface area (Å²) in [5.74, 6) is -0.484. The number of hydrogen-bond acceptors (Lipinski definition) is 7. The predicted molar refractivity (Wildman–Crippen MR) is 112 cm³/mol. The third-order valence-electron chi connectivity index (χ3n) is 4.44. The van der Waals surface area contributed by atoms with Gasteiger partial charge in [-0.15, -0.1) is 8.78 Å². The van der Waals surface area contributed by atoms with E-state index in [9.17, 15) is 31.1 Å². The van der Waals surface area contributed by atoms with Gasteiger partial charge in [-0.05, 0) is 30.3 Å². The fourth-order valence-corrected chi connectivity index (χ4v) is 2.84. The molecule has 0 saturated heterocycles. The van der Waals surface area contributed by atoms with E-state index in [1.165, 1.54) is 12.1 Å². The molecule has 0 aliphatic heterocycles. The number of alkyl halides is 6. The molecule has 13 heteroatoms. The summed E-state index contributed by atoms with van der Waals surface area (Å²) in [5, 5.41) is 0.687. The molecule has 0 amide bonds. The van der Waals surface area contributed by atoms with Crippen molar-refractivity contribution in [2.45, 2.75) is 31.4 Å². The van der Waals surface area contributed by atoms with E-state index in [0.29, 0.717) is 28.4 Å². The van der Waals surface area contributed by atoms with Crippen LogP contribution < -0.4 is 4.74 Å². The molecule has 0 radical (unpaired) electrons. The first-order valence-corrected chi connectivity index (χ1v) is 10.3. The highest BCUT2D eigenvalue weighted by Gasteiger charge is 2.52. The van der Waals surface area contributed by atoms with Gasteiger partial charge >= 0.3 is 24.5 Å². The number of furan rings is 1. The summed E-state index contributed by atoms with van der Waals surface area (Å²) in [5.41, 5.74) is 1.08. The number of rotatable bonds is 13. The number of pyridine rings is 1. The summed E-state index contributed by atoms with van der Waals surface area (Å²) in [4.78, 5) is 14.8. The molecule has 0 aliphatic rings. The van der Waals surface area contributed by atoms with Gasteiger partial charge in [-0.2, -0.15) is 17.6 Å². The van der Waals surface area contributed by atoms with Gasteiger partial charge in [0.1, 0.15) is 17.1 Å². The van der Waals surface area contributed by atoms with Crippen molar-refractivity contribution in [1.29, 1.82) is 0 Å². The number of fused-ring (bicyclic) bond motifs is 1. The third-order valence-corrected chi connectivity index (χ3v) is 4.44. The molecule has 0 bridgehead atoms. The lowest BCUT2D eigenvalue weighted by Gasteiger charge is -2.26. The maximum atomic E-state index is 13.8. The molecule has 0 spiro atoms. The fraction of sp³-hybridized carbons (Fsp3) is 0.304. The summed E-state index contributed by atoms with van der Waals surface area (Å²) >= 11 is 0. The first-order valence-electron chi connectivity index (χ1n) is 10.3. The van der Waals surface area contributed by atoms with Crippen LogP contribution in [0.1, 0.15) is 12.8 Å². The van der Waals surface area contributed by atoms with Gasteiger partial charge in [-0.25, -0.2) is 14.3 Å². The van der Waals surface area contributed by atoms with Gasteiger partial charge in [0.2, 0.25) is 0 Å². The van der Waals surface area contributed by atoms with Crippen LogP contribution in [0, 0.1) is 0 Å². The van der Waals surface area contributed by atoms with Crippen molar-refractivity contribution >= 4 is 16.9 Å². The molecule has 3 rings (SSSR count). The zero-order valence-corrected chi connectivity index (χ0v) is 18.4. The molecule has 0 aliphatic carbocycles. The van der Waals surface area contributed by atoms with Crippen LogP contribution in [-0.2, 0) is 19.0 Å². The van der Waals surface area contributed by atoms with Gasteiger partial charge in [-0.3, -0.25) is 4.98 Å². The Morgan fingerprint density at radius 1 is 1.00 bits per heavy atom. The highest BCUT2D eigenvalue weighted by Crippen LogP contribution is 2.36. The Balaban J connectivity index is 1.52. The average molecular weight is 519 g/mol. The number of aromatic nitrogens is 1. The highest BCUT2D eigenvalue weighted by atomic mass is 19.3. The minimum absolute atomic E-state index is 0.0917. The summed E-state index contributed by atoms with van der Waals surface area (Å²) in [6, 6.07) is 9.68. The topological polar surface area (TPSA) is 80.0 Å². The smallest absolute Gasteiger partial charge is 0.493 e. The Bertz CT molecular complexity index is 1180. The van der Waals surface area contributed by atoms with Crippen LogP contribution in [0.25, 0.3) is 22.3 Å². The van der Waals surface area contributed by atoms with E-state index in [1.807, 2.05) is 0 Å². The molecule has 0 atom stereocenters. The molecular weight excluding hydrogens is 500 g/mol. The van der Waals surface area contributed by atoms with Crippen molar-refractivity contribution in [3.63, 3.8) is 0 Å². The van der Waals surface area contributed by atoms with Crippen molar-refractivity contribution in [2.75, 3.05) is 13.2 Å². The Kier molecular flexibility index (Phi) is 8.25. The van der Waals surface area contributed by atoms with Crippen LogP contribution in [0.4, 0.5) is 26.3 Å². The molecule has 3 aromatic rings. The first kappa shape index (κ1) is 27.0. The summed E-state index contributed by atoms with van der Waals surface area (Å²) in [6.45, 7) is 1.18. The predicted octanol–water partition coefficient (Wildman–Crippen LogP) is 6.15. The molecule has 0 saturated carbocycles. The van der Waals surface area contributed by atoms with Crippen molar-refractivity contribution in [2.24, 2.45) is 0 Å². The number of carbonyl (C=O) groups excluding carboxylic acids is 1. The SMILES string of the molecule is C=CC(=O)OCCC(F)(F)OC(F)(F)OC(F)(F)CCOc1ccc2cc(-c3cccnc3)oc2c1. The van der Waals surface area contributed by atoms with E-state index in [1.54, 1.807) is 36.7 Å². The molecule has 1 aromatic carbocycles. The second-order valence-electron chi connectivity index (χ2n) is 7.21. The molecule has 0 unspecified atom stereocenters. The van der Waals surface area contributed by atoms with E-state index in [2.05, 4.69) is 25.8 Å². The summed E-state index contributed by atoms with van der Waals surface area (Å²) < 4.78 is 103. The van der Waals surface area contributed by atoms with E-state index in [0.717, 1.165) is 0 Å². The second-order valence-corrected chi connectivity index (χ2v) is 7.21. The van der Waals surface area contributed by atoms with E-state index in [-0.39, 0.29) is 5.75 Å². The van der Waals surface area contributed by atoms with Gasteiger partial charge in [0.25, 0.3) is 0 Å². The van der Waals surface area contributed by atoms with E-state index in [4.69, 9.17) is 9.15 Å². The lowest BCUT2D eigenvalue weighted by Crippen LogP contribution is -2.41. The van der Waals surface area contributed by atoms with Crippen LogP contribution in [0.5, 0.6) is 5.75 Å². The zero-order chi connectivity index (χ0) is 26.4. The largest absolute Gasteiger partial charge is 0.494 e. The van der Waals surface area contributed by atoms with Crippen molar-refractivity contribution in [3.05, 3.63) is 61.4 Å². The molecule has 0 fully saturated rings. The minimum Gasteiger partial charge on any atom is -0.493 e. The Morgan fingerprint density at radius 3 is 2.33 bits per heavy atom. The molecule has 0 N–H and O–H groups in total. The highest BCUT2D eigenvalue weighted by molar-refractivity contribution is 5.83. The molecule has 2 aromatic heterocycles. The van der Waals surface area contributed by atoms with Crippen LogP contribution in [0.2, 0.25) is 0 Å². The second kappa shape index (κ2) is 11.0. The maximum Gasteiger partial charge on any atom is 0.494 e. The monoisotopic (exact) mass is 519 g/mol. The lowest BCUT2D eigenvalue weighted by molar-refractivity contribution is -0.514. The maximum absolute atomic E-state index is 13.8. The van der Waals surface area contributed by atoms with Crippen molar-refractivity contribution in [3.8, 4) is 17.1 Å². The molecule has 194 valence electrons. The van der Waals surface area contributed by atoms with Crippen molar-refractivity contribution in [1.82, 2.24) is 4.98 Å². The Labute approximate surface area is 200 Å². The third kappa shape index (κ3) is 7.99. The van der Waals surface area contributed by atoms with E-state index >= 15 is 0 Å². The first-order chi connectivity index (χ1) is 16.9. The lowest BCUT2D eigenvalue weighted by atomic mass is 10.2. The van der Waals surface area contributed by atoms with Gasteiger partial charge in [-0.1, -0.05) is 6.58 Å². The summed E-state index contributed by atoms with van der Waals surface area (Å²) in [6.07, 6.45) is -13.7. The molecule has 2 heterocycles. The zero-order valence-electron chi connectivity index (χ0n) is 18.4. The van der Waals surface area contributed by atoms with Crippen LogP contribution in [0.3, 0.4) is 0 Å². The summed E-state index contributed by atoms with van der Waals surface area (Å²) in [7, 11) is 0. The van der Waals surface area contributed by atoms with Crippen LogP contribution in [-0.4, -0.2) is 42.7 Å². The quantitative estimate of drug-likeness (QED) is 0.116. The number of carbonyl (C=O) groups is 1. The molecule has 7 nitrogen and oxygen atoms in total. The molecular formula is C23H19F6NO6. The normalized spacial score (nSPS) is 12.5. The van der Waals surface area contributed by atoms with Gasteiger partial charge in [0.15, 0.2) is 0 Å². The van der Waals surface area contributed by atoms with Crippen LogP contribution in [0.15, 0.2) is 65.9 Å². The number of esters is 1. The minimum atomic E-state index is -5.36. The number of halogens is 6. The van der Waals surface area contributed by atoms with Gasteiger partial charge in [0.05, 0.1) is 26.1 Å².